The molecule has 2 aliphatic heterocycles. The standard InChI is InChI=1S/C68H67BN2O2Si/c1-65(2,3)44-28-34-48(35-29-44)70-56-42-53(74(50-22-16-13-17-23-50,51-24-18-14-19-25-51)52-26-20-15-21-27-52)43-57-60(56)69(63-61(70)54-40-46(67(7,8)9)32-38-58(54)72-63)64-62(55-41-47(68(10,11)12)33-39-59(55)73-64)71(57)49-36-30-45(31-37-49)66(4,5)6/h13-43H,1-12H3. The summed E-state index contributed by atoms with van der Waals surface area (Å²) in [6.45, 7) is 27.2. The molecule has 2 aliphatic rings. The van der Waals surface area contributed by atoms with Crippen molar-refractivity contribution in [2.45, 2.75) is 105 Å². The number of furan rings is 2. The van der Waals surface area contributed by atoms with Gasteiger partial charge in [0, 0.05) is 33.5 Å². The number of anilines is 6. The van der Waals surface area contributed by atoms with Crippen molar-refractivity contribution in [3.63, 3.8) is 0 Å². The molecule has 6 heteroatoms. The SMILES string of the molecule is CC(C)(C)c1ccc(N2c3cc([Si](c4ccccc4)(c4ccccc4)c4ccccc4)cc4c3B(c3oc5ccc(C(C)(C)C)cc5c32)c2oc3ccc(C(C)(C)C)cc3c2N4c2ccc(C(C)(C)C)cc2)cc1. The van der Waals surface area contributed by atoms with E-state index in [-0.39, 0.29) is 28.4 Å². The third-order valence-corrected chi connectivity index (χ3v) is 20.8. The number of rotatable bonds is 6. The van der Waals surface area contributed by atoms with Crippen molar-refractivity contribution in [1.82, 2.24) is 0 Å². The molecule has 10 aromatic rings. The van der Waals surface area contributed by atoms with Crippen molar-refractivity contribution in [2.75, 3.05) is 9.80 Å². The number of hydrogen-bond donors (Lipinski definition) is 0. The van der Waals surface area contributed by atoms with Crippen LogP contribution in [0.5, 0.6) is 0 Å². The Balaban J connectivity index is 1.29. The molecule has 8 aromatic carbocycles. The zero-order chi connectivity index (χ0) is 51.7. The minimum atomic E-state index is -3.16. The van der Waals surface area contributed by atoms with Crippen LogP contribution in [-0.4, -0.2) is 14.8 Å². The van der Waals surface area contributed by atoms with Gasteiger partial charge in [0.1, 0.15) is 22.5 Å². The van der Waals surface area contributed by atoms with Crippen LogP contribution in [-0.2, 0) is 21.7 Å². The lowest BCUT2D eigenvalue weighted by Crippen LogP contribution is -2.75. The lowest BCUT2D eigenvalue weighted by Gasteiger charge is -2.43. The van der Waals surface area contributed by atoms with Crippen LogP contribution in [0.4, 0.5) is 34.1 Å². The van der Waals surface area contributed by atoms with E-state index in [0.29, 0.717) is 0 Å². The van der Waals surface area contributed by atoms with Gasteiger partial charge in [0.25, 0.3) is 0 Å². The van der Waals surface area contributed by atoms with Crippen LogP contribution in [0.15, 0.2) is 197 Å². The summed E-state index contributed by atoms with van der Waals surface area (Å²) in [5.41, 5.74) is 16.1. The van der Waals surface area contributed by atoms with Crippen LogP contribution in [0.25, 0.3) is 21.9 Å². The summed E-state index contributed by atoms with van der Waals surface area (Å²) in [6.07, 6.45) is 0. The van der Waals surface area contributed by atoms with E-state index in [1.807, 2.05) is 0 Å². The van der Waals surface area contributed by atoms with Crippen LogP contribution in [0.3, 0.4) is 0 Å². The summed E-state index contributed by atoms with van der Waals surface area (Å²) in [5, 5.41) is 7.45. The Morgan fingerprint density at radius 1 is 0.351 bits per heavy atom. The highest BCUT2D eigenvalue weighted by Gasteiger charge is 2.52. The molecule has 2 aromatic heterocycles. The molecule has 0 unspecified atom stereocenters. The second-order valence-electron chi connectivity index (χ2n) is 25.0. The predicted molar refractivity (Wildman–Crippen MR) is 318 cm³/mol. The number of nitrogens with zero attached hydrogens (tertiary/aromatic N) is 2. The summed E-state index contributed by atoms with van der Waals surface area (Å²) in [6, 6.07) is 71.5. The molecule has 0 saturated heterocycles. The van der Waals surface area contributed by atoms with Gasteiger partial charge in [0.15, 0.2) is 8.07 Å². The molecule has 368 valence electrons. The Hall–Kier alpha value is -7.28. The lowest BCUT2D eigenvalue weighted by atomic mass is 9.37. The second-order valence-corrected chi connectivity index (χ2v) is 28.8. The van der Waals surface area contributed by atoms with Crippen molar-refractivity contribution in [3.05, 3.63) is 210 Å². The van der Waals surface area contributed by atoms with Crippen molar-refractivity contribution < 1.29 is 8.83 Å². The fraction of sp³-hybridized carbons (Fsp3) is 0.235. The fourth-order valence-corrected chi connectivity index (χ4v) is 16.7. The number of benzene rings is 8. The molecule has 0 atom stereocenters. The summed E-state index contributed by atoms with van der Waals surface area (Å²) in [7, 11) is -3.16. The maximum Gasteiger partial charge on any atom is 0.342 e. The minimum absolute atomic E-state index is 0.0282. The third kappa shape index (κ3) is 7.54. The Bertz CT molecular complexity index is 3470. The molecule has 0 N–H and O–H groups in total. The topological polar surface area (TPSA) is 32.8 Å². The van der Waals surface area contributed by atoms with Gasteiger partial charge < -0.3 is 18.6 Å². The summed E-state index contributed by atoms with van der Waals surface area (Å²) in [4.78, 5) is 5.09. The molecular formula is C68H67BN2O2Si. The zero-order valence-electron chi connectivity index (χ0n) is 45.2. The van der Waals surface area contributed by atoms with Gasteiger partial charge in [-0.1, -0.05) is 210 Å². The van der Waals surface area contributed by atoms with Gasteiger partial charge in [-0.25, -0.2) is 0 Å². The molecule has 0 saturated carbocycles. The Kier molecular flexibility index (Phi) is 10.9. The van der Waals surface area contributed by atoms with E-state index in [2.05, 4.69) is 281 Å². The maximum absolute atomic E-state index is 7.46. The van der Waals surface area contributed by atoms with Crippen molar-refractivity contribution in [2.24, 2.45) is 0 Å². The first-order valence-corrected chi connectivity index (χ1v) is 28.5. The van der Waals surface area contributed by atoms with E-state index in [1.54, 1.807) is 0 Å². The molecule has 4 nitrogen and oxygen atoms in total. The number of hydrogen-bond acceptors (Lipinski definition) is 4. The average molecular weight is 983 g/mol. The van der Waals surface area contributed by atoms with Gasteiger partial charge in [-0.3, -0.25) is 0 Å². The molecule has 0 bridgehead atoms. The number of fused-ring (bicyclic) bond motifs is 8. The Labute approximate surface area is 439 Å². The summed E-state index contributed by atoms with van der Waals surface area (Å²) >= 11 is 0. The van der Waals surface area contributed by atoms with Crippen molar-refractivity contribution in [1.29, 1.82) is 0 Å². The zero-order valence-corrected chi connectivity index (χ0v) is 46.2. The molecule has 74 heavy (non-hydrogen) atoms. The van der Waals surface area contributed by atoms with Gasteiger partial charge in [-0.15, -0.1) is 0 Å². The lowest BCUT2D eigenvalue weighted by molar-refractivity contribution is 0.590. The van der Waals surface area contributed by atoms with E-state index in [4.69, 9.17) is 8.83 Å². The average Bonchev–Trinajstić information content (AvgIpc) is 3.95. The fourth-order valence-electron chi connectivity index (χ4n) is 11.9. The van der Waals surface area contributed by atoms with Crippen LogP contribution < -0.4 is 47.3 Å². The van der Waals surface area contributed by atoms with E-state index < -0.39 is 8.07 Å². The highest BCUT2D eigenvalue weighted by Crippen LogP contribution is 2.50. The molecule has 0 amide bonds. The Morgan fingerprint density at radius 3 is 1.00 bits per heavy atom. The van der Waals surface area contributed by atoms with Crippen LogP contribution in [0.1, 0.15) is 105 Å². The van der Waals surface area contributed by atoms with Crippen molar-refractivity contribution >= 4 is 108 Å². The highest BCUT2D eigenvalue weighted by molar-refractivity contribution is 7.20. The molecule has 0 radical (unpaired) electrons. The molecule has 4 heterocycles. The molecule has 0 spiro atoms. The highest BCUT2D eigenvalue weighted by atomic mass is 28.3. The van der Waals surface area contributed by atoms with Gasteiger partial charge in [-0.05, 0) is 131 Å². The van der Waals surface area contributed by atoms with Gasteiger partial charge in [-0.2, -0.15) is 0 Å². The van der Waals surface area contributed by atoms with Gasteiger partial charge >= 0.3 is 6.71 Å². The van der Waals surface area contributed by atoms with E-state index >= 15 is 0 Å². The van der Waals surface area contributed by atoms with E-state index in [9.17, 15) is 0 Å². The van der Waals surface area contributed by atoms with Gasteiger partial charge in [0.05, 0.1) is 11.4 Å². The van der Waals surface area contributed by atoms with Crippen LogP contribution in [0, 0.1) is 0 Å². The second kappa shape index (κ2) is 16.9. The first-order chi connectivity index (χ1) is 35.2. The molecule has 0 aliphatic carbocycles. The van der Waals surface area contributed by atoms with Crippen LogP contribution in [0.2, 0.25) is 0 Å². The van der Waals surface area contributed by atoms with Gasteiger partial charge in [0.2, 0.25) is 0 Å². The largest absolute Gasteiger partial charge is 0.468 e. The van der Waals surface area contributed by atoms with E-state index in [0.717, 1.165) is 72.8 Å². The molecular weight excluding hydrogens is 916 g/mol. The summed E-state index contributed by atoms with van der Waals surface area (Å²) in [5.74, 6) is 0. The van der Waals surface area contributed by atoms with E-state index in [1.165, 1.54) is 43.0 Å². The quantitative estimate of drug-likeness (QED) is 0.123. The molecule has 0 fully saturated rings. The van der Waals surface area contributed by atoms with Crippen molar-refractivity contribution in [3.8, 4) is 0 Å². The first kappa shape index (κ1) is 47.7. The third-order valence-electron chi connectivity index (χ3n) is 16.0. The smallest absolute Gasteiger partial charge is 0.342 e. The molecule has 12 rings (SSSR count). The Morgan fingerprint density at radius 2 is 0.676 bits per heavy atom. The summed E-state index contributed by atoms with van der Waals surface area (Å²) < 4.78 is 14.9. The normalized spacial score (nSPS) is 13.9. The predicted octanol–water partition coefficient (Wildman–Crippen LogP) is 13.8. The minimum Gasteiger partial charge on any atom is -0.468 e. The van der Waals surface area contributed by atoms with Crippen LogP contribution >= 0.6 is 0 Å². The maximum atomic E-state index is 7.46. The monoisotopic (exact) mass is 983 g/mol. The first-order valence-electron chi connectivity index (χ1n) is 26.5.